The first-order valence-electron chi connectivity index (χ1n) is 13.2. The van der Waals surface area contributed by atoms with Crippen LogP contribution < -0.4 is 25.6 Å². The third kappa shape index (κ3) is 6.93. The van der Waals surface area contributed by atoms with Crippen LogP contribution in [-0.4, -0.2) is 68.3 Å². The van der Waals surface area contributed by atoms with Gasteiger partial charge in [0.1, 0.15) is 18.1 Å². The van der Waals surface area contributed by atoms with Gasteiger partial charge < -0.3 is 31.1 Å². The van der Waals surface area contributed by atoms with Crippen molar-refractivity contribution in [2.45, 2.75) is 25.3 Å². The van der Waals surface area contributed by atoms with E-state index in [1.54, 1.807) is 36.4 Å². The maximum atomic E-state index is 13.9. The average molecular weight is 565 g/mol. The van der Waals surface area contributed by atoms with Crippen LogP contribution in [0.3, 0.4) is 0 Å². The number of aromatic carboxylic acids is 1. The van der Waals surface area contributed by atoms with Gasteiger partial charge in [-0.25, -0.2) is 14.0 Å². The van der Waals surface area contributed by atoms with Gasteiger partial charge in [-0.1, -0.05) is 18.2 Å². The fraction of sp³-hybridized carbons (Fsp3) is 0.300. The van der Waals surface area contributed by atoms with Crippen LogP contribution in [0.4, 0.5) is 31.9 Å². The fourth-order valence-corrected chi connectivity index (χ4v) is 5.28. The molecule has 0 aromatic heterocycles. The summed E-state index contributed by atoms with van der Waals surface area (Å²) in [5.41, 5.74) is 8.68. The minimum atomic E-state index is -1.03. The summed E-state index contributed by atoms with van der Waals surface area (Å²) in [5, 5.41) is 14.4. The monoisotopic (exact) mass is 564 g/mol. The minimum Gasteiger partial charge on any atom is -0.495 e. The topological polar surface area (TPSA) is 134 Å². The Kier molecular flexibility index (Phi) is 8.77. The molecule has 3 amide bonds. The lowest BCUT2D eigenvalue weighted by Crippen LogP contribution is -2.51. The molecule has 1 atom stereocenters. The van der Waals surface area contributed by atoms with E-state index < -0.39 is 17.8 Å². The number of nitrogens with one attached hydrogen (secondary N) is 2. The minimum absolute atomic E-state index is 0.0130. The van der Waals surface area contributed by atoms with E-state index in [0.717, 1.165) is 24.1 Å². The smallest absolute Gasteiger partial charge is 0.335 e. The van der Waals surface area contributed by atoms with E-state index in [0.29, 0.717) is 34.7 Å². The van der Waals surface area contributed by atoms with Crippen LogP contribution in [-0.2, 0) is 11.2 Å². The molecule has 11 heteroatoms. The number of quaternary nitrogens is 1. The van der Waals surface area contributed by atoms with Crippen molar-refractivity contribution in [3.63, 3.8) is 0 Å². The number of ether oxygens (including phenoxy) is 1. The van der Waals surface area contributed by atoms with Gasteiger partial charge in [0.15, 0.2) is 5.69 Å². The number of nitrogen functional groups attached to an aromatic ring is 1. The lowest BCUT2D eigenvalue weighted by Gasteiger charge is -2.36. The molecule has 4 rings (SSSR count). The molecule has 0 saturated carbocycles. The van der Waals surface area contributed by atoms with E-state index in [-0.39, 0.29) is 29.6 Å². The summed E-state index contributed by atoms with van der Waals surface area (Å²) in [6, 6.07) is 15.0. The van der Waals surface area contributed by atoms with Crippen molar-refractivity contribution in [1.82, 2.24) is 9.38 Å². The molecule has 1 saturated heterocycles. The van der Waals surface area contributed by atoms with E-state index >= 15 is 0 Å². The summed E-state index contributed by atoms with van der Waals surface area (Å²) in [5.74, 6) is -1.24. The van der Waals surface area contributed by atoms with E-state index in [4.69, 9.17) is 10.5 Å². The summed E-state index contributed by atoms with van der Waals surface area (Å²) in [6.45, 7) is 1.26. The first-order chi connectivity index (χ1) is 19.5. The van der Waals surface area contributed by atoms with Crippen molar-refractivity contribution in [2.75, 3.05) is 50.7 Å². The highest BCUT2D eigenvalue weighted by atomic mass is 19.1. The number of carbonyl (C=O) groups is 3. The number of carboxylic acids is 1. The van der Waals surface area contributed by atoms with Crippen molar-refractivity contribution >= 4 is 40.7 Å². The number of para-hydroxylation sites is 1. The third-order valence-electron chi connectivity index (χ3n) is 7.28. The average Bonchev–Trinajstić information content (AvgIpc) is 3.38. The van der Waals surface area contributed by atoms with Gasteiger partial charge >= 0.3 is 12.0 Å². The van der Waals surface area contributed by atoms with Gasteiger partial charge in [0.2, 0.25) is 5.91 Å². The molecule has 0 radical (unpaired) electrons. The molecule has 1 unspecified atom stereocenters. The summed E-state index contributed by atoms with van der Waals surface area (Å²) < 4.78 is 19.7. The number of anilines is 3. The molecule has 0 aliphatic carbocycles. The Morgan fingerprint density at radius 3 is 2.49 bits per heavy atom. The number of benzene rings is 3. The van der Waals surface area contributed by atoms with Gasteiger partial charge in [0.05, 0.1) is 56.3 Å². The van der Waals surface area contributed by atoms with Crippen molar-refractivity contribution in [3.8, 4) is 5.75 Å². The Labute approximate surface area is 238 Å². The number of halogens is 1. The molecule has 3 aromatic rings. The number of rotatable bonds is 9. The van der Waals surface area contributed by atoms with Crippen LogP contribution in [0.5, 0.6) is 5.75 Å². The number of carbonyl (C=O) groups excluding carboxylic acids is 2. The van der Waals surface area contributed by atoms with Gasteiger partial charge in [-0.05, 0) is 54.8 Å². The SMILES string of the molecule is COc1cc(CC(=O)N2CCCC2C[N+](C)(C)c2ccc(C(=O)O)cc2N)ccc1NC(=O)Nc1ccccc1F. The Bertz CT molecular complexity index is 1460. The summed E-state index contributed by atoms with van der Waals surface area (Å²) in [4.78, 5) is 39.0. The highest BCUT2D eigenvalue weighted by Crippen LogP contribution is 2.31. The Hall–Kier alpha value is -4.64. The molecule has 5 N–H and O–H groups in total. The van der Waals surface area contributed by atoms with Gasteiger partial charge in [-0.2, -0.15) is 0 Å². The van der Waals surface area contributed by atoms with Crippen molar-refractivity contribution in [1.29, 1.82) is 0 Å². The number of hydrogen-bond donors (Lipinski definition) is 4. The first kappa shape index (κ1) is 29.3. The highest BCUT2D eigenvalue weighted by Gasteiger charge is 2.35. The molecule has 0 spiro atoms. The van der Waals surface area contributed by atoms with E-state index in [9.17, 15) is 23.9 Å². The summed E-state index contributed by atoms with van der Waals surface area (Å²) >= 11 is 0. The summed E-state index contributed by atoms with van der Waals surface area (Å²) in [6.07, 6.45) is 1.88. The van der Waals surface area contributed by atoms with Gasteiger partial charge in [0, 0.05) is 12.6 Å². The first-order valence-corrected chi connectivity index (χ1v) is 13.2. The number of methoxy groups -OCH3 is 1. The van der Waals surface area contributed by atoms with Gasteiger partial charge in [-0.3, -0.25) is 9.28 Å². The number of amides is 3. The van der Waals surface area contributed by atoms with Crippen LogP contribution in [0, 0.1) is 5.82 Å². The second-order valence-electron chi connectivity index (χ2n) is 10.6. The standard InChI is InChI=1S/C30H34FN5O5/c1-36(2,26-13-11-20(29(38)39)17-23(26)32)18-21-7-6-14-35(21)28(37)16-19-10-12-25(27(15-19)41-3)34-30(40)33-24-9-5-4-8-22(24)31/h4-5,8-13,15,17,21H,6-7,14,16,18,32H2,1-3H3,(H2-,33,34,38,39,40)/p+1. The summed E-state index contributed by atoms with van der Waals surface area (Å²) in [7, 11) is 5.45. The van der Waals surface area contributed by atoms with E-state index in [1.807, 2.05) is 19.0 Å². The second-order valence-corrected chi connectivity index (χ2v) is 10.6. The normalized spacial score (nSPS) is 14.9. The molecule has 1 aliphatic heterocycles. The van der Waals surface area contributed by atoms with E-state index in [2.05, 4.69) is 10.6 Å². The number of likely N-dealkylation sites (N-methyl/N-ethyl adjacent to an activating group) is 1. The number of nitrogens with zero attached hydrogens (tertiary/aromatic N) is 2. The maximum absolute atomic E-state index is 13.9. The van der Waals surface area contributed by atoms with Crippen molar-refractivity contribution in [3.05, 3.63) is 77.6 Å². The van der Waals surface area contributed by atoms with Crippen LogP contribution >= 0.6 is 0 Å². The van der Waals surface area contributed by atoms with E-state index in [1.165, 1.54) is 31.4 Å². The maximum Gasteiger partial charge on any atom is 0.335 e. The highest BCUT2D eigenvalue weighted by molar-refractivity contribution is 6.00. The number of hydrogen-bond acceptors (Lipinski definition) is 5. The zero-order valence-electron chi connectivity index (χ0n) is 23.3. The Balaban J connectivity index is 1.42. The molecular formula is C30H35FN5O5+. The molecule has 1 aliphatic rings. The van der Waals surface area contributed by atoms with Crippen molar-refractivity contribution < 1.29 is 28.6 Å². The number of likely N-dealkylation sites (tertiary alicyclic amines) is 1. The van der Waals surface area contributed by atoms with Gasteiger partial charge in [0.25, 0.3) is 0 Å². The predicted octanol–water partition coefficient (Wildman–Crippen LogP) is 4.56. The second kappa shape index (κ2) is 12.3. The quantitative estimate of drug-likeness (QED) is 0.222. The van der Waals surface area contributed by atoms with Crippen LogP contribution in [0.15, 0.2) is 60.7 Å². The van der Waals surface area contributed by atoms with Crippen LogP contribution in [0.1, 0.15) is 28.8 Å². The largest absolute Gasteiger partial charge is 0.495 e. The molecule has 1 heterocycles. The molecule has 3 aromatic carbocycles. The fourth-order valence-electron chi connectivity index (χ4n) is 5.28. The Morgan fingerprint density at radius 1 is 1.07 bits per heavy atom. The lowest BCUT2D eigenvalue weighted by atomic mass is 10.1. The number of urea groups is 1. The molecule has 1 fully saturated rings. The number of carboxylic acid groups (broad SMARTS) is 1. The van der Waals surface area contributed by atoms with Crippen molar-refractivity contribution in [2.24, 2.45) is 0 Å². The zero-order chi connectivity index (χ0) is 29.7. The predicted molar refractivity (Wildman–Crippen MR) is 157 cm³/mol. The van der Waals surface area contributed by atoms with Crippen LogP contribution in [0.25, 0.3) is 0 Å². The molecule has 41 heavy (non-hydrogen) atoms. The molecule has 0 bridgehead atoms. The van der Waals surface area contributed by atoms with Gasteiger partial charge in [-0.15, -0.1) is 0 Å². The molecule has 216 valence electrons. The third-order valence-corrected chi connectivity index (χ3v) is 7.28. The molecular weight excluding hydrogens is 529 g/mol. The lowest BCUT2D eigenvalue weighted by molar-refractivity contribution is -0.131. The van der Waals surface area contributed by atoms with Crippen LogP contribution in [0.2, 0.25) is 0 Å². The molecule has 10 nitrogen and oxygen atoms in total. The number of nitrogens with two attached hydrogens (primary N) is 1. The Morgan fingerprint density at radius 2 is 1.80 bits per heavy atom. The zero-order valence-corrected chi connectivity index (χ0v) is 23.3.